The van der Waals surface area contributed by atoms with Crippen LogP contribution in [0.15, 0.2) is 23.1 Å². The van der Waals surface area contributed by atoms with E-state index in [-0.39, 0.29) is 11.5 Å². The van der Waals surface area contributed by atoms with Crippen LogP contribution in [0, 0.1) is 0 Å². The quantitative estimate of drug-likeness (QED) is 0.782. The lowest BCUT2D eigenvalue weighted by atomic mass is 10.3. The zero-order valence-electron chi connectivity index (χ0n) is 9.56. The Labute approximate surface area is 94.3 Å². The number of nitrogens with zero attached hydrogens (tertiary/aromatic N) is 1. The van der Waals surface area contributed by atoms with Crippen molar-refractivity contribution in [3.8, 4) is 0 Å². The van der Waals surface area contributed by atoms with Crippen LogP contribution in [0.5, 0.6) is 0 Å². The minimum Gasteiger partial charge on any atom is -0.323 e. The van der Waals surface area contributed by atoms with Crippen LogP contribution in [0.3, 0.4) is 0 Å². The molecule has 0 spiro atoms. The van der Waals surface area contributed by atoms with Crippen LogP contribution in [0.1, 0.15) is 20.3 Å². The number of rotatable bonds is 4. The summed E-state index contributed by atoms with van der Waals surface area (Å²) >= 11 is 0. The minimum atomic E-state index is -0.563. The van der Waals surface area contributed by atoms with Gasteiger partial charge in [0, 0.05) is 18.8 Å². The molecule has 5 nitrogen and oxygen atoms in total. The lowest BCUT2D eigenvalue weighted by Crippen LogP contribution is -2.33. The van der Waals surface area contributed by atoms with Crippen molar-refractivity contribution in [3.05, 3.63) is 28.7 Å². The third kappa shape index (κ3) is 3.20. The van der Waals surface area contributed by atoms with Crippen LogP contribution < -0.4 is 16.6 Å². The van der Waals surface area contributed by atoms with Gasteiger partial charge in [-0.1, -0.05) is 6.92 Å². The van der Waals surface area contributed by atoms with Crippen molar-refractivity contribution in [2.75, 3.05) is 5.32 Å². The predicted molar refractivity (Wildman–Crippen MR) is 63.3 cm³/mol. The molecular formula is C11H17N3O2. The van der Waals surface area contributed by atoms with Crippen molar-refractivity contribution in [2.24, 2.45) is 5.73 Å². The highest BCUT2D eigenvalue weighted by atomic mass is 16.2. The van der Waals surface area contributed by atoms with Gasteiger partial charge in [-0.15, -0.1) is 0 Å². The molecule has 1 heterocycles. The number of nitrogens with one attached hydrogen (secondary N) is 1. The number of carbonyl (C=O) groups excluding carboxylic acids is 1. The minimum absolute atomic E-state index is 0.0688. The zero-order valence-corrected chi connectivity index (χ0v) is 9.56. The van der Waals surface area contributed by atoms with Crippen molar-refractivity contribution in [3.63, 3.8) is 0 Å². The number of amides is 1. The van der Waals surface area contributed by atoms with Gasteiger partial charge in [0.2, 0.25) is 5.91 Å². The molecule has 1 amide bonds. The van der Waals surface area contributed by atoms with E-state index < -0.39 is 6.04 Å². The summed E-state index contributed by atoms with van der Waals surface area (Å²) in [5.41, 5.74) is 5.95. The molecule has 0 bridgehead atoms. The maximum absolute atomic E-state index is 11.4. The van der Waals surface area contributed by atoms with E-state index in [0.29, 0.717) is 12.2 Å². The predicted octanol–water partition coefficient (Wildman–Crippen LogP) is 0.544. The monoisotopic (exact) mass is 223 g/mol. The van der Waals surface area contributed by atoms with Gasteiger partial charge >= 0.3 is 0 Å². The molecule has 0 aliphatic carbocycles. The van der Waals surface area contributed by atoms with Crippen LogP contribution in [-0.4, -0.2) is 16.5 Å². The van der Waals surface area contributed by atoms with Crippen LogP contribution in [-0.2, 0) is 11.3 Å². The summed E-state index contributed by atoms with van der Waals surface area (Å²) in [5, 5.41) is 2.64. The molecule has 16 heavy (non-hydrogen) atoms. The topological polar surface area (TPSA) is 77.1 Å². The summed E-state index contributed by atoms with van der Waals surface area (Å²) in [6.45, 7) is 4.23. The highest BCUT2D eigenvalue weighted by Crippen LogP contribution is 2.04. The molecule has 0 fully saturated rings. The van der Waals surface area contributed by atoms with E-state index in [9.17, 15) is 9.59 Å². The van der Waals surface area contributed by atoms with Crippen molar-refractivity contribution in [1.29, 1.82) is 0 Å². The Bertz CT molecular complexity index is 423. The second-order valence-electron chi connectivity index (χ2n) is 3.73. The molecule has 0 aromatic carbocycles. The molecule has 5 heteroatoms. The summed E-state index contributed by atoms with van der Waals surface area (Å²) in [4.78, 5) is 22.7. The van der Waals surface area contributed by atoms with E-state index in [1.807, 2.05) is 6.92 Å². The van der Waals surface area contributed by atoms with Crippen LogP contribution in [0.25, 0.3) is 0 Å². The van der Waals surface area contributed by atoms with Gasteiger partial charge in [-0.2, -0.15) is 0 Å². The van der Waals surface area contributed by atoms with E-state index in [1.54, 1.807) is 23.8 Å². The Balaban J connectivity index is 2.86. The number of hydrogen-bond acceptors (Lipinski definition) is 3. The summed E-state index contributed by atoms with van der Waals surface area (Å²) in [5.74, 6) is -0.262. The van der Waals surface area contributed by atoms with Crippen molar-refractivity contribution < 1.29 is 4.79 Å². The number of hydrogen-bond donors (Lipinski definition) is 2. The lowest BCUT2D eigenvalue weighted by molar-refractivity contribution is -0.117. The van der Waals surface area contributed by atoms with Crippen molar-refractivity contribution in [2.45, 2.75) is 32.9 Å². The second-order valence-corrected chi connectivity index (χ2v) is 3.73. The molecule has 1 atom stereocenters. The average Bonchev–Trinajstić information content (AvgIpc) is 2.23. The molecule has 1 aromatic heterocycles. The smallest absolute Gasteiger partial charge is 0.250 e. The number of nitrogens with two attached hydrogens (primary N) is 1. The second kappa shape index (κ2) is 5.46. The van der Waals surface area contributed by atoms with E-state index in [4.69, 9.17) is 5.73 Å². The maximum Gasteiger partial charge on any atom is 0.250 e. The first-order valence-electron chi connectivity index (χ1n) is 5.31. The summed E-state index contributed by atoms with van der Waals surface area (Å²) in [6.07, 6.45) is 2.50. The van der Waals surface area contributed by atoms with Crippen LogP contribution in [0.4, 0.5) is 5.69 Å². The van der Waals surface area contributed by atoms with E-state index in [0.717, 1.165) is 6.42 Å². The lowest BCUT2D eigenvalue weighted by Gasteiger charge is -2.10. The Morgan fingerprint density at radius 2 is 2.25 bits per heavy atom. The molecular weight excluding hydrogens is 206 g/mol. The van der Waals surface area contributed by atoms with Crippen LogP contribution in [0.2, 0.25) is 0 Å². The van der Waals surface area contributed by atoms with Crippen LogP contribution >= 0.6 is 0 Å². The fourth-order valence-corrected chi connectivity index (χ4v) is 1.28. The first-order valence-corrected chi connectivity index (χ1v) is 5.31. The standard InChI is InChI=1S/C11H17N3O2/c1-3-6-14-7-9(4-5-10(14)15)13-11(16)8(2)12/h4-5,7-8H,3,6,12H2,1-2H3,(H,13,16)/t8-/m0/s1. The van der Waals surface area contributed by atoms with Gasteiger partial charge in [0.05, 0.1) is 11.7 Å². The van der Waals surface area contributed by atoms with Crippen molar-refractivity contribution in [1.82, 2.24) is 4.57 Å². The Hall–Kier alpha value is -1.62. The van der Waals surface area contributed by atoms with Gasteiger partial charge in [-0.05, 0) is 19.4 Å². The zero-order chi connectivity index (χ0) is 12.1. The van der Waals surface area contributed by atoms with Gasteiger partial charge in [-0.3, -0.25) is 9.59 Å². The van der Waals surface area contributed by atoms with Gasteiger partial charge in [-0.25, -0.2) is 0 Å². The fraction of sp³-hybridized carbons (Fsp3) is 0.455. The highest BCUT2D eigenvalue weighted by Gasteiger charge is 2.07. The largest absolute Gasteiger partial charge is 0.323 e. The summed E-state index contributed by atoms with van der Waals surface area (Å²) < 4.78 is 1.57. The number of anilines is 1. The van der Waals surface area contributed by atoms with E-state index in [2.05, 4.69) is 5.32 Å². The molecule has 1 aromatic rings. The normalized spacial score (nSPS) is 12.2. The number of carbonyl (C=O) groups is 1. The number of pyridine rings is 1. The van der Waals surface area contributed by atoms with Gasteiger partial charge in [0.1, 0.15) is 0 Å². The molecule has 3 N–H and O–H groups in total. The van der Waals surface area contributed by atoms with E-state index in [1.165, 1.54) is 6.07 Å². The molecule has 1 rings (SSSR count). The molecule has 88 valence electrons. The number of aryl methyl sites for hydroxylation is 1. The molecule has 0 saturated carbocycles. The third-order valence-electron chi connectivity index (χ3n) is 2.13. The third-order valence-corrected chi connectivity index (χ3v) is 2.13. The van der Waals surface area contributed by atoms with Gasteiger partial charge in [0.25, 0.3) is 5.56 Å². The highest BCUT2D eigenvalue weighted by molar-refractivity contribution is 5.94. The Morgan fingerprint density at radius 1 is 1.56 bits per heavy atom. The van der Waals surface area contributed by atoms with E-state index >= 15 is 0 Å². The SMILES string of the molecule is CCCn1cc(NC(=O)[C@H](C)N)ccc1=O. The molecule has 0 aliphatic heterocycles. The number of aromatic nitrogens is 1. The first kappa shape index (κ1) is 12.4. The molecule has 0 unspecified atom stereocenters. The summed E-state index contributed by atoms with van der Waals surface area (Å²) in [7, 11) is 0. The summed E-state index contributed by atoms with van der Waals surface area (Å²) in [6, 6.07) is 2.45. The maximum atomic E-state index is 11.4. The molecule has 0 radical (unpaired) electrons. The molecule has 0 aliphatic rings. The fourth-order valence-electron chi connectivity index (χ4n) is 1.28. The van der Waals surface area contributed by atoms with Gasteiger partial charge in [0.15, 0.2) is 0 Å². The Morgan fingerprint density at radius 3 is 2.81 bits per heavy atom. The first-order chi connectivity index (χ1) is 7.54. The average molecular weight is 223 g/mol. The molecule has 0 saturated heterocycles. The van der Waals surface area contributed by atoms with Crippen molar-refractivity contribution >= 4 is 11.6 Å². The van der Waals surface area contributed by atoms with Gasteiger partial charge < -0.3 is 15.6 Å². The Kier molecular flexibility index (Phi) is 4.25.